The summed E-state index contributed by atoms with van der Waals surface area (Å²) in [5.74, 6) is 0.215. The van der Waals surface area contributed by atoms with Crippen molar-refractivity contribution in [2.24, 2.45) is 0 Å². The van der Waals surface area contributed by atoms with Gasteiger partial charge in [-0.25, -0.2) is 4.39 Å². The molecule has 31 heavy (non-hydrogen) atoms. The van der Waals surface area contributed by atoms with Crippen LogP contribution in [0.4, 0.5) is 10.4 Å². The predicted octanol–water partition coefficient (Wildman–Crippen LogP) is 4.09. The van der Waals surface area contributed by atoms with Crippen LogP contribution in [0.15, 0.2) is 51.4 Å². The molecule has 1 amide bonds. The summed E-state index contributed by atoms with van der Waals surface area (Å²) in [5.41, 5.74) is 2.01. The quantitative estimate of drug-likeness (QED) is 0.500. The van der Waals surface area contributed by atoms with Gasteiger partial charge in [0.15, 0.2) is 11.4 Å². The molecule has 2 N–H and O–H groups in total. The van der Waals surface area contributed by atoms with Crippen LogP contribution < -0.4 is 10.6 Å². The van der Waals surface area contributed by atoms with E-state index in [0.717, 1.165) is 19.3 Å². The van der Waals surface area contributed by atoms with E-state index in [1.807, 2.05) is 6.07 Å². The fourth-order valence-electron chi connectivity index (χ4n) is 3.94. The SMILES string of the molecule is Cc1noc(-c2ccccc2C(=O)NC2CCCC2Nc2nc3ccc(F)cc3o2)n1. The number of halogens is 1. The number of anilines is 1. The Balaban J connectivity index is 1.33. The zero-order chi connectivity index (χ0) is 21.4. The van der Waals surface area contributed by atoms with Crippen LogP contribution in [0.5, 0.6) is 0 Å². The Labute approximate surface area is 176 Å². The van der Waals surface area contributed by atoms with Gasteiger partial charge in [-0.15, -0.1) is 0 Å². The molecule has 2 aromatic carbocycles. The molecule has 0 radical (unpaired) electrons. The average Bonchev–Trinajstić information content (AvgIpc) is 3.48. The van der Waals surface area contributed by atoms with E-state index in [2.05, 4.69) is 25.8 Å². The van der Waals surface area contributed by atoms with Crippen LogP contribution in [0.1, 0.15) is 35.4 Å². The highest BCUT2D eigenvalue weighted by molar-refractivity contribution is 6.00. The van der Waals surface area contributed by atoms with Gasteiger partial charge < -0.3 is 19.6 Å². The topological polar surface area (TPSA) is 106 Å². The lowest BCUT2D eigenvalue weighted by atomic mass is 10.1. The lowest BCUT2D eigenvalue weighted by molar-refractivity contribution is 0.0936. The molecular formula is C22H20FN5O3. The van der Waals surface area contributed by atoms with Gasteiger partial charge in [0, 0.05) is 12.1 Å². The van der Waals surface area contributed by atoms with E-state index in [0.29, 0.717) is 40.0 Å². The van der Waals surface area contributed by atoms with Crippen molar-refractivity contribution in [3.05, 3.63) is 59.7 Å². The smallest absolute Gasteiger partial charge is 0.295 e. The first kappa shape index (κ1) is 19.2. The van der Waals surface area contributed by atoms with Gasteiger partial charge in [-0.3, -0.25) is 4.79 Å². The number of carbonyl (C=O) groups excluding carboxylic acids is 1. The van der Waals surface area contributed by atoms with E-state index >= 15 is 0 Å². The summed E-state index contributed by atoms with van der Waals surface area (Å²) in [6.45, 7) is 1.73. The van der Waals surface area contributed by atoms with Crippen molar-refractivity contribution in [1.82, 2.24) is 20.4 Å². The molecule has 2 heterocycles. The van der Waals surface area contributed by atoms with Gasteiger partial charge in [0.05, 0.1) is 17.2 Å². The summed E-state index contributed by atoms with van der Waals surface area (Å²) in [6, 6.07) is 11.5. The molecule has 0 bridgehead atoms. The molecule has 9 heteroatoms. The highest BCUT2D eigenvalue weighted by Crippen LogP contribution is 2.27. The van der Waals surface area contributed by atoms with Crippen LogP contribution in [-0.2, 0) is 0 Å². The average molecular weight is 421 g/mol. The highest BCUT2D eigenvalue weighted by Gasteiger charge is 2.31. The minimum atomic E-state index is -0.378. The zero-order valence-electron chi connectivity index (χ0n) is 16.8. The lowest BCUT2D eigenvalue weighted by Gasteiger charge is -2.21. The summed E-state index contributed by atoms with van der Waals surface area (Å²) in [6.07, 6.45) is 2.62. The van der Waals surface area contributed by atoms with Gasteiger partial charge >= 0.3 is 0 Å². The van der Waals surface area contributed by atoms with E-state index in [4.69, 9.17) is 8.94 Å². The molecule has 158 valence electrons. The number of nitrogens with zero attached hydrogens (tertiary/aromatic N) is 3. The summed E-state index contributed by atoms with van der Waals surface area (Å²) in [5, 5.41) is 10.2. The maximum Gasteiger partial charge on any atom is 0.295 e. The van der Waals surface area contributed by atoms with E-state index in [1.165, 1.54) is 12.1 Å². The third kappa shape index (κ3) is 3.86. The van der Waals surface area contributed by atoms with Crippen LogP contribution in [-0.4, -0.2) is 33.1 Å². The second-order valence-corrected chi connectivity index (χ2v) is 7.59. The van der Waals surface area contributed by atoms with Gasteiger partial charge in [0.1, 0.15) is 11.3 Å². The summed E-state index contributed by atoms with van der Waals surface area (Å²) in [4.78, 5) is 21.7. The van der Waals surface area contributed by atoms with Crippen LogP contribution in [0.25, 0.3) is 22.6 Å². The van der Waals surface area contributed by atoms with Crippen molar-refractivity contribution in [3.63, 3.8) is 0 Å². The van der Waals surface area contributed by atoms with Gasteiger partial charge in [0.25, 0.3) is 17.8 Å². The van der Waals surface area contributed by atoms with E-state index in [9.17, 15) is 9.18 Å². The molecule has 2 aromatic heterocycles. The molecule has 0 aliphatic heterocycles. The normalized spacial score (nSPS) is 18.4. The first-order valence-corrected chi connectivity index (χ1v) is 10.1. The molecule has 5 rings (SSSR count). The van der Waals surface area contributed by atoms with E-state index < -0.39 is 0 Å². The number of aromatic nitrogens is 3. The Morgan fingerprint density at radius 3 is 2.81 bits per heavy atom. The third-order valence-electron chi connectivity index (χ3n) is 5.42. The van der Waals surface area contributed by atoms with Crippen molar-refractivity contribution in [3.8, 4) is 11.5 Å². The largest absolute Gasteiger partial charge is 0.423 e. The number of aryl methyl sites for hydroxylation is 1. The van der Waals surface area contributed by atoms with Crippen molar-refractivity contribution >= 4 is 23.0 Å². The predicted molar refractivity (Wildman–Crippen MR) is 111 cm³/mol. The minimum Gasteiger partial charge on any atom is -0.423 e. The van der Waals surface area contributed by atoms with E-state index in [1.54, 1.807) is 31.2 Å². The number of amides is 1. The molecule has 0 spiro atoms. The first-order valence-electron chi connectivity index (χ1n) is 10.1. The Bertz CT molecular complexity index is 1250. The van der Waals surface area contributed by atoms with Crippen molar-refractivity contribution in [2.45, 2.75) is 38.3 Å². The number of benzene rings is 2. The Kier molecular flexibility index (Phi) is 4.85. The van der Waals surface area contributed by atoms with Crippen molar-refractivity contribution in [1.29, 1.82) is 0 Å². The van der Waals surface area contributed by atoms with E-state index in [-0.39, 0.29) is 23.8 Å². The second-order valence-electron chi connectivity index (χ2n) is 7.59. The molecule has 1 aliphatic carbocycles. The number of fused-ring (bicyclic) bond motifs is 1. The molecule has 1 fully saturated rings. The van der Waals surface area contributed by atoms with Crippen molar-refractivity contribution in [2.75, 3.05) is 5.32 Å². The molecule has 1 saturated carbocycles. The number of nitrogens with one attached hydrogen (secondary N) is 2. The van der Waals surface area contributed by atoms with Crippen LogP contribution >= 0.6 is 0 Å². The zero-order valence-corrected chi connectivity index (χ0v) is 16.8. The van der Waals surface area contributed by atoms with Crippen molar-refractivity contribution < 1.29 is 18.1 Å². The Hall–Kier alpha value is -3.75. The third-order valence-corrected chi connectivity index (χ3v) is 5.42. The number of carbonyl (C=O) groups is 1. The maximum absolute atomic E-state index is 13.4. The van der Waals surface area contributed by atoms with Crippen LogP contribution in [0, 0.1) is 12.7 Å². The fraction of sp³-hybridized carbons (Fsp3) is 0.273. The molecule has 8 nitrogen and oxygen atoms in total. The van der Waals surface area contributed by atoms with Gasteiger partial charge in [-0.1, -0.05) is 17.3 Å². The minimum absolute atomic E-state index is 0.0559. The second kappa shape index (κ2) is 7.82. The highest BCUT2D eigenvalue weighted by atomic mass is 19.1. The number of hydrogen-bond acceptors (Lipinski definition) is 7. The Morgan fingerprint density at radius 2 is 1.97 bits per heavy atom. The monoisotopic (exact) mass is 421 g/mol. The molecule has 2 unspecified atom stereocenters. The summed E-state index contributed by atoms with van der Waals surface area (Å²) >= 11 is 0. The lowest BCUT2D eigenvalue weighted by Crippen LogP contribution is -2.43. The van der Waals surface area contributed by atoms with Gasteiger partial charge in [-0.2, -0.15) is 9.97 Å². The first-order chi connectivity index (χ1) is 15.1. The molecule has 4 aromatic rings. The number of hydrogen-bond donors (Lipinski definition) is 2. The van der Waals surface area contributed by atoms with Crippen LogP contribution in [0.2, 0.25) is 0 Å². The molecule has 0 saturated heterocycles. The Morgan fingerprint density at radius 1 is 1.13 bits per heavy atom. The molecule has 1 aliphatic rings. The number of oxazole rings is 1. The maximum atomic E-state index is 13.4. The number of rotatable bonds is 5. The molecule has 2 atom stereocenters. The standard InChI is InChI=1S/C22H20FN5O3/c1-12-24-21(31-28-12)15-6-3-2-5-14(15)20(29)25-16-7-4-8-17(16)26-22-27-18-10-9-13(23)11-19(18)30-22/h2-3,5-6,9-11,16-17H,4,7-8H2,1H3,(H,25,29)(H,26,27). The summed E-state index contributed by atoms with van der Waals surface area (Å²) in [7, 11) is 0. The van der Waals surface area contributed by atoms with Gasteiger partial charge in [-0.05, 0) is 50.5 Å². The summed E-state index contributed by atoms with van der Waals surface area (Å²) < 4.78 is 24.3. The molecular weight excluding hydrogens is 401 g/mol. The van der Waals surface area contributed by atoms with Crippen LogP contribution in [0.3, 0.4) is 0 Å². The van der Waals surface area contributed by atoms with Gasteiger partial charge in [0.2, 0.25) is 0 Å². The fourth-order valence-corrected chi connectivity index (χ4v) is 3.94.